The number of hydrogen-bond donors (Lipinski definition) is 2. The van der Waals surface area contributed by atoms with Crippen molar-refractivity contribution in [3.63, 3.8) is 0 Å². The third kappa shape index (κ3) is 7.07. The molecule has 0 unspecified atom stereocenters. The maximum absolute atomic E-state index is 13.0. The molecular weight excluding hydrogens is 573 g/mol. The predicted molar refractivity (Wildman–Crippen MR) is 158 cm³/mol. The van der Waals surface area contributed by atoms with E-state index in [4.69, 9.17) is 14.2 Å². The minimum Gasteiger partial charge on any atom is -0.493 e. The number of aromatic amines is 1. The summed E-state index contributed by atoms with van der Waals surface area (Å²) in [6.45, 7) is 1.35. The molecule has 3 heterocycles. The first-order valence-corrected chi connectivity index (χ1v) is 13.7. The highest BCUT2D eigenvalue weighted by Crippen LogP contribution is 2.36. The molecule has 5 rings (SSSR count). The Kier molecular flexibility index (Phi) is 9.26. The van der Waals surface area contributed by atoms with Gasteiger partial charge in [0.2, 0.25) is 0 Å². The van der Waals surface area contributed by atoms with Gasteiger partial charge in [-0.25, -0.2) is 13.9 Å². The second kappa shape index (κ2) is 13.4. The smallest absolute Gasteiger partial charge is 0.330 e. The number of carbonyl (C=O) groups is 1. The van der Waals surface area contributed by atoms with Crippen molar-refractivity contribution in [2.75, 3.05) is 13.7 Å². The Morgan fingerprint density at radius 3 is 2.57 bits per heavy atom. The Morgan fingerprint density at radius 1 is 1.11 bits per heavy atom. The van der Waals surface area contributed by atoms with Gasteiger partial charge in [-0.1, -0.05) is 35.6 Å². The van der Waals surface area contributed by atoms with E-state index in [-0.39, 0.29) is 24.8 Å². The van der Waals surface area contributed by atoms with E-state index >= 15 is 0 Å². The number of nitrogens with zero attached hydrogens (tertiary/aromatic N) is 4. The Labute approximate surface area is 250 Å². The molecule has 3 atom stereocenters. The van der Waals surface area contributed by atoms with Crippen LogP contribution in [0.3, 0.4) is 0 Å². The van der Waals surface area contributed by atoms with E-state index in [1.165, 1.54) is 42.2 Å². The van der Waals surface area contributed by atoms with Crippen LogP contribution in [-0.4, -0.2) is 55.3 Å². The number of aryl methyl sites for hydroxylation is 1. The molecule has 2 aromatic heterocycles. The molecule has 1 saturated heterocycles. The fraction of sp³-hybridized carbons (Fsp3) is 0.258. The van der Waals surface area contributed by atoms with Gasteiger partial charge in [0.25, 0.3) is 5.56 Å². The van der Waals surface area contributed by atoms with Crippen LogP contribution in [0.5, 0.6) is 11.5 Å². The van der Waals surface area contributed by atoms with Crippen molar-refractivity contribution in [2.24, 2.45) is 0 Å². The minimum atomic E-state index is -0.706. The van der Waals surface area contributed by atoms with Gasteiger partial charge in [-0.2, -0.15) is 0 Å². The van der Waals surface area contributed by atoms with Gasteiger partial charge >= 0.3 is 5.69 Å². The van der Waals surface area contributed by atoms with Gasteiger partial charge in [0.1, 0.15) is 30.4 Å². The molecule has 2 aromatic carbocycles. The first-order valence-electron chi connectivity index (χ1n) is 13.7. The van der Waals surface area contributed by atoms with Crippen LogP contribution in [0, 0.1) is 12.7 Å². The lowest BCUT2D eigenvalue weighted by atomic mass is 10.1. The van der Waals surface area contributed by atoms with Gasteiger partial charge in [0, 0.05) is 18.2 Å². The Hall–Kier alpha value is -5.14. The third-order valence-corrected chi connectivity index (χ3v) is 7.05. The monoisotopic (exact) mass is 603 g/mol. The second-order valence-corrected chi connectivity index (χ2v) is 10.1. The van der Waals surface area contributed by atoms with Crippen molar-refractivity contribution in [3.8, 4) is 11.5 Å². The van der Waals surface area contributed by atoms with Crippen LogP contribution in [0.1, 0.15) is 41.1 Å². The summed E-state index contributed by atoms with van der Waals surface area (Å²) in [4.78, 5) is 38.6. The number of methoxy groups -OCH3 is 1. The number of aliphatic hydroxyl groups is 1. The Morgan fingerprint density at radius 2 is 1.84 bits per heavy atom. The molecule has 12 nitrogen and oxygen atoms in total. The highest BCUT2D eigenvalue weighted by Gasteiger charge is 2.38. The number of ketones is 1. The number of H-pyrrole nitrogens is 1. The molecule has 0 bridgehead atoms. The minimum absolute atomic E-state index is 0.0670. The SMILES string of the molecule is COc1cc(/C=C/C(=O)/C=C/c2ccc(F)cc2)ccc1OCc1cn([C@H]2C[C@H](n3cc(C)c(=O)[nH]c3=O)O[C@@H]2CO)nn1. The number of aromatic nitrogens is 5. The zero-order valence-electron chi connectivity index (χ0n) is 23.9. The van der Waals surface area contributed by atoms with Crippen molar-refractivity contribution in [3.05, 3.63) is 116 Å². The summed E-state index contributed by atoms with van der Waals surface area (Å²) in [5.41, 5.74) is 1.23. The van der Waals surface area contributed by atoms with Crippen molar-refractivity contribution < 1.29 is 28.5 Å². The molecular formula is C31H30FN5O7. The van der Waals surface area contributed by atoms with Gasteiger partial charge in [-0.15, -0.1) is 5.10 Å². The number of aliphatic hydroxyl groups excluding tert-OH is 1. The molecule has 44 heavy (non-hydrogen) atoms. The van der Waals surface area contributed by atoms with E-state index in [1.54, 1.807) is 60.3 Å². The number of carbonyl (C=O) groups excluding carboxylic acids is 1. The van der Waals surface area contributed by atoms with Crippen molar-refractivity contribution in [1.29, 1.82) is 0 Å². The van der Waals surface area contributed by atoms with E-state index in [0.29, 0.717) is 40.3 Å². The highest BCUT2D eigenvalue weighted by molar-refractivity contribution is 6.04. The average molecular weight is 604 g/mol. The molecule has 0 saturated carbocycles. The zero-order valence-corrected chi connectivity index (χ0v) is 23.9. The van der Waals surface area contributed by atoms with Crippen molar-refractivity contribution in [1.82, 2.24) is 24.5 Å². The van der Waals surface area contributed by atoms with Gasteiger partial charge in [-0.05, 0) is 54.5 Å². The Balaban J connectivity index is 1.21. The number of halogens is 1. The molecule has 13 heteroatoms. The molecule has 0 amide bonds. The summed E-state index contributed by atoms with van der Waals surface area (Å²) >= 11 is 0. The molecule has 1 aliphatic rings. The quantitative estimate of drug-likeness (QED) is 0.247. The molecule has 1 fully saturated rings. The molecule has 0 radical (unpaired) electrons. The van der Waals surface area contributed by atoms with Crippen LogP contribution in [0.25, 0.3) is 12.2 Å². The lowest BCUT2D eigenvalue weighted by Gasteiger charge is -2.15. The highest BCUT2D eigenvalue weighted by atomic mass is 19.1. The third-order valence-electron chi connectivity index (χ3n) is 7.05. The first kappa shape index (κ1) is 30.3. The number of allylic oxidation sites excluding steroid dienone is 2. The summed E-state index contributed by atoms with van der Waals surface area (Å²) in [5, 5.41) is 18.3. The first-order chi connectivity index (χ1) is 21.2. The summed E-state index contributed by atoms with van der Waals surface area (Å²) < 4.78 is 33.2. The summed E-state index contributed by atoms with van der Waals surface area (Å²) in [5.74, 6) is 0.319. The molecule has 0 spiro atoms. The van der Waals surface area contributed by atoms with E-state index in [9.17, 15) is 23.9 Å². The second-order valence-electron chi connectivity index (χ2n) is 10.1. The largest absolute Gasteiger partial charge is 0.493 e. The number of rotatable bonds is 11. The molecule has 1 aliphatic heterocycles. The van der Waals surface area contributed by atoms with Crippen LogP contribution in [0.4, 0.5) is 4.39 Å². The summed E-state index contributed by atoms with van der Waals surface area (Å²) in [7, 11) is 1.50. The van der Waals surface area contributed by atoms with Crippen LogP contribution in [0.2, 0.25) is 0 Å². The fourth-order valence-electron chi connectivity index (χ4n) is 4.72. The topological polar surface area (TPSA) is 151 Å². The lowest BCUT2D eigenvalue weighted by Crippen LogP contribution is -2.33. The van der Waals surface area contributed by atoms with Crippen LogP contribution in [-0.2, 0) is 16.1 Å². The van der Waals surface area contributed by atoms with E-state index in [0.717, 1.165) is 0 Å². The van der Waals surface area contributed by atoms with Crippen LogP contribution < -0.4 is 20.7 Å². The standard InChI is InChI=1S/C31H30FN5O7/c1-19-15-36(31(41)33-30(19)40)29-14-25(28(17-38)44-29)37-16-23(34-35-37)18-43-26-12-7-21(13-27(26)42-2)6-11-24(39)10-5-20-3-8-22(32)9-4-20/h3-13,15-16,25,28-29,38H,14,17-18H2,1-2H3,(H,33,40,41)/b10-5+,11-6+/t25-,28+,29+/m0/s1. The summed E-state index contributed by atoms with van der Waals surface area (Å²) in [6, 6.07) is 10.6. The molecule has 0 aliphatic carbocycles. The fourth-order valence-corrected chi connectivity index (χ4v) is 4.72. The predicted octanol–water partition coefficient (Wildman–Crippen LogP) is 2.98. The van der Waals surface area contributed by atoms with E-state index in [1.807, 2.05) is 0 Å². The van der Waals surface area contributed by atoms with E-state index < -0.39 is 29.6 Å². The van der Waals surface area contributed by atoms with Crippen molar-refractivity contribution >= 4 is 17.9 Å². The Bertz CT molecular complexity index is 1810. The normalized spacial score (nSPS) is 18.3. The van der Waals surface area contributed by atoms with Gasteiger partial charge in [0.05, 0.1) is 26.0 Å². The lowest BCUT2D eigenvalue weighted by molar-refractivity contribution is -0.110. The number of ether oxygens (including phenoxy) is 3. The molecule has 2 N–H and O–H groups in total. The van der Waals surface area contributed by atoms with E-state index in [2.05, 4.69) is 15.3 Å². The molecule has 4 aromatic rings. The number of benzene rings is 2. The van der Waals surface area contributed by atoms with Crippen LogP contribution in [0.15, 0.2) is 76.6 Å². The number of nitrogens with one attached hydrogen (secondary N) is 1. The van der Waals surface area contributed by atoms with Gasteiger partial charge in [-0.3, -0.25) is 19.1 Å². The number of hydrogen-bond acceptors (Lipinski definition) is 9. The van der Waals surface area contributed by atoms with Crippen molar-refractivity contribution in [2.45, 2.75) is 38.3 Å². The maximum atomic E-state index is 13.0. The molecule has 228 valence electrons. The van der Waals surface area contributed by atoms with Gasteiger partial charge in [0.15, 0.2) is 17.3 Å². The summed E-state index contributed by atoms with van der Waals surface area (Å²) in [6.07, 6.45) is 8.13. The maximum Gasteiger partial charge on any atom is 0.330 e. The zero-order chi connectivity index (χ0) is 31.2. The van der Waals surface area contributed by atoms with Gasteiger partial charge < -0.3 is 19.3 Å². The van der Waals surface area contributed by atoms with Crippen LogP contribution >= 0.6 is 0 Å². The average Bonchev–Trinajstić information content (AvgIpc) is 3.68.